The second-order valence-corrected chi connectivity index (χ2v) is 5.99. The number of hydrogen-bond donors (Lipinski definition) is 1. The average Bonchev–Trinajstić information content (AvgIpc) is 2.87. The number of hydrogen-bond acceptors (Lipinski definition) is 3. The molecular weight excluding hydrogens is 224 g/mol. The minimum atomic E-state index is 0.263. The summed E-state index contributed by atoms with van der Waals surface area (Å²) in [6.45, 7) is 11.6. The second-order valence-electron chi connectivity index (χ2n) is 5.99. The molecular formula is C15H32N2O. The SMILES string of the molecule is CCCNC(CCCOC)C(C)(C)N1CCCC1. The number of likely N-dealkylation sites (tertiary alicyclic amines) is 1. The van der Waals surface area contributed by atoms with Gasteiger partial charge in [-0.3, -0.25) is 4.90 Å². The van der Waals surface area contributed by atoms with E-state index in [1.165, 1.54) is 38.8 Å². The van der Waals surface area contributed by atoms with Gasteiger partial charge < -0.3 is 10.1 Å². The van der Waals surface area contributed by atoms with Crippen molar-refractivity contribution in [3.8, 4) is 0 Å². The highest BCUT2D eigenvalue weighted by molar-refractivity contribution is 4.95. The normalized spacial score (nSPS) is 19.3. The second kappa shape index (κ2) is 8.13. The van der Waals surface area contributed by atoms with Crippen LogP contribution in [0, 0.1) is 0 Å². The molecule has 3 heteroatoms. The highest BCUT2D eigenvalue weighted by atomic mass is 16.5. The average molecular weight is 256 g/mol. The fourth-order valence-electron chi connectivity index (χ4n) is 2.97. The topological polar surface area (TPSA) is 24.5 Å². The predicted molar refractivity (Wildman–Crippen MR) is 78.1 cm³/mol. The van der Waals surface area contributed by atoms with Crippen LogP contribution in [0.5, 0.6) is 0 Å². The maximum atomic E-state index is 5.19. The summed E-state index contributed by atoms with van der Waals surface area (Å²) in [5, 5.41) is 3.75. The molecule has 1 aliphatic rings. The van der Waals surface area contributed by atoms with Crippen molar-refractivity contribution in [1.82, 2.24) is 10.2 Å². The highest BCUT2D eigenvalue weighted by Gasteiger charge is 2.35. The zero-order valence-electron chi connectivity index (χ0n) is 12.8. The lowest BCUT2D eigenvalue weighted by atomic mass is 9.89. The van der Waals surface area contributed by atoms with E-state index in [4.69, 9.17) is 4.74 Å². The largest absolute Gasteiger partial charge is 0.385 e. The molecule has 18 heavy (non-hydrogen) atoms. The van der Waals surface area contributed by atoms with Crippen molar-refractivity contribution < 1.29 is 4.74 Å². The smallest absolute Gasteiger partial charge is 0.0462 e. The molecule has 1 rings (SSSR count). The maximum absolute atomic E-state index is 5.19. The van der Waals surface area contributed by atoms with Crippen molar-refractivity contribution in [2.45, 2.75) is 64.5 Å². The van der Waals surface area contributed by atoms with Crippen LogP contribution in [0.2, 0.25) is 0 Å². The van der Waals surface area contributed by atoms with Crippen LogP contribution in [0.4, 0.5) is 0 Å². The van der Waals surface area contributed by atoms with Crippen molar-refractivity contribution >= 4 is 0 Å². The van der Waals surface area contributed by atoms with Gasteiger partial charge in [0.05, 0.1) is 0 Å². The van der Waals surface area contributed by atoms with E-state index < -0.39 is 0 Å². The summed E-state index contributed by atoms with van der Waals surface area (Å²) in [5.41, 5.74) is 0.263. The van der Waals surface area contributed by atoms with Crippen LogP contribution in [0.25, 0.3) is 0 Å². The van der Waals surface area contributed by atoms with Crippen LogP contribution in [0.3, 0.4) is 0 Å². The number of rotatable bonds is 9. The molecule has 0 aromatic rings. The molecule has 0 amide bonds. The van der Waals surface area contributed by atoms with Crippen LogP contribution >= 0.6 is 0 Å². The Morgan fingerprint density at radius 2 is 1.94 bits per heavy atom. The lowest BCUT2D eigenvalue weighted by Gasteiger charge is -2.43. The summed E-state index contributed by atoms with van der Waals surface area (Å²) in [5.74, 6) is 0. The van der Waals surface area contributed by atoms with E-state index in [-0.39, 0.29) is 5.54 Å². The molecule has 108 valence electrons. The summed E-state index contributed by atoms with van der Waals surface area (Å²) >= 11 is 0. The van der Waals surface area contributed by atoms with Gasteiger partial charge in [-0.05, 0) is 65.6 Å². The first-order chi connectivity index (χ1) is 8.62. The predicted octanol–water partition coefficient (Wildman–Crippen LogP) is 2.66. The third-order valence-corrected chi connectivity index (χ3v) is 4.26. The summed E-state index contributed by atoms with van der Waals surface area (Å²) in [7, 11) is 1.79. The van der Waals surface area contributed by atoms with Gasteiger partial charge in [0.1, 0.15) is 0 Å². The quantitative estimate of drug-likeness (QED) is 0.642. The first-order valence-corrected chi connectivity index (χ1v) is 7.60. The molecule has 0 saturated carbocycles. The van der Waals surface area contributed by atoms with Gasteiger partial charge in [0.15, 0.2) is 0 Å². The lowest BCUT2D eigenvalue weighted by Crippen LogP contribution is -2.57. The minimum Gasteiger partial charge on any atom is -0.385 e. The van der Waals surface area contributed by atoms with Crippen LogP contribution in [0.15, 0.2) is 0 Å². The van der Waals surface area contributed by atoms with E-state index in [0.29, 0.717) is 6.04 Å². The van der Waals surface area contributed by atoms with Crippen molar-refractivity contribution in [2.24, 2.45) is 0 Å². The lowest BCUT2D eigenvalue weighted by molar-refractivity contribution is 0.0949. The Kier molecular flexibility index (Phi) is 7.20. The molecule has 0 radical (unpaired) electrons. The molecule has 1 unspecified atom stereocenters. The van der Waals surface area contributed by atoms with Gasteiger partial charge in [-0.1, -0.05) is 6.92 Å². The molecule has 1 N–H and O–H groups in total. The Bertz CT molecular complexity index is 213. The molecule has 1 heterocycles. The summed E-state index contributed by atoms with van der Waals surface area (Å²) in [6, 6.07) is 0.575. The molecule has 1 saturated heterocycles. The molecule has 0 aromatic carbocycles. The standard InChI is InChI=1S/C15H32N2O/c1-5-10-16-14(9-8-13-18-4)15(2,3)17-11-6-7-12-17/h14,16H,5-13H2,1-4H3. The van der Waals surface area contributed by atoms with Crippen molar-refractivity contribution in [1.29, 1.82) is 0 Å². The molecule has 3 nitrogen and oxygen atoms in total. The van der Waals surface area contributed by atoms with E-state index >= 15 is 0 Å². The highest BCUT2D eigenvalue weighted by Crippen LogP contribution is 2.26. The molecule has 1 atom stereocenters. The zero-order valence-corrected chi connectivity index (χ0v) is 12.8. The van der Waals surface area contributed by atoms with E-state index in [9.17, 15) is 0 Å². The van der Waals surface area contributed by atoms with E-state index in [2.05, 4.69) is 31.0 Å². The summed E-state index contributed by atoms with van der Waals surface area (Å²) in [6.07, 6.45) is 6.29. The number of nitrogens with zero attached hydrogens (tertiary/aromatic N) is 1. The fraction of sp³-hybridized carbons (Fsp3) is 1.00. The Balaban J connectivity index is 2.54. The van der Waals surface area contributed by atoms with Gasteiger partial charge in [0.2, 0.25) is 0 Å². The van der Waals surface area contributed by atoms with Gasteiger partial charge in [-0.25, -0.2) is 0 Å². The third-order valence-electron chi connectivity index (χ3n) is 4.26. The molecule has 0 aromatic heterocycles. The van der Waals surface area contributed by atoms with Crippen molar-refractivity contribution in [3.05, 3.63) is 0 Å². The fourth-order valence-corrected chi connectivity index (χ4v) is 2.97. The Hall–Kier alpha value is -0.120. The van der Waals surface area contributed by atoms with Gasteiger partial charge in [-0.15, -0.1) is 0 Å². The van der Waals surface area contributed by atoms with Crippen LogP contribution in [0.1, 0.15) is 52.9 Å². The first-order valence-electron chi connectivity index (χ1n) is 7.60. The van der Waals surface area contributed by atoms with Gasteiger partial charge in [0, 0.05) is 25.3 Å². The van der Waals surface area contributed by atoms with Gasteiger partial charge in [0.25, 0.3) is 0 Å². The number of ether oxygens (including phenoxy) is 1. The van der Waals surface area contributed by atoms with Crippen LogP contribution in [-0.2, 0) is 4.74 Å². The van der Waals surface area contributed by atoms with Crippen LogP contribution in [-0.4, -0.2) is 49.8 Å². The monoisotopic (exact) mass is 256 g/mol. The van der Waals surface area contributed by atoms with Crippen molar-refractivity contribution in [3.63, 3.8) is 0 Å². The summed E-state index contributed by atoms with van der Waals surface area (Å²) in [4.78, 5) is 2.66. The Morgan fingerprint density at radius 1 is 1.28 bits per heavy atom. The molecule has 0 spiro atoms. The van der Waals surface area contributed by atoms with Crippen molar-refractivity contribution in [2.75, 3.05) is 33.4 Å². The first kappa shape index (κ1) is 15.9. The van der Waals surface area contributed by atoms with Gasteiger partial charge in [-0.2, -0.15) is 0 Å². The van der Waals surface area contributed by atoms with E-state index in [1.54, 1.807) is 7.11 Å². The number of nitrogens with one attached hydrogen (secondary N) is 1. The summed E-state index contributed by atoms with van der Waals surface area (Å²) < 4.78 is 5.19. The molecule has 0 aliphatic carbocycles. The number of methoxy groups -OCH3 is 1. The maximum Gasteiger partial charge on any atom is 0.0462 e. The zero-order chi connectivity index (χ0) is 13.4. The van der Waals surface area contributed by atoms with E-state index in [0.717, 1.165) is 19.6 Å². The molecule has 0 bridgehead atoms. The minimum absolute atomic E-state index is 0.263. The Labute approximate surface area is 113 Å². The molecule has 1 fully saturated rings. The third kappa shape index (κ3) is 4.52. The van der Waals surface area contributed by atoms with E-state index in [1.807, 2.05) is 0 Å². The van der Waals surface area contributed by atoms with Crippen LogP contribution < -0.4 is 5.32 Å². The molecule has 1 aliphatic heterocycles. The Morgan fingerprint density at radius 3 is 2.50 bits per heavy atom. The van der Waals surface area contributed by atoms with Gasteiger partial charge >= 0.3 is 0 Å².